The molecule has 2 amide bonds. The number of nitrogens with one attached hydrogen (secondary N) is 2. The molecule has 0 heterocycles. The first-order valence-corrected chi connectivity index (χ1v) is 13.6. The van der Waals surface area contributed by atoms with Gasteiger partial charge in [-0.15, -0.1) is 0 Å². The zero-order valence-corrected chi connectivity index (χ0v) is 21.8. The number of carbonyl (C=O) groups is 2. The number of nitrogens with zero attached hydrogens (tertiary/aromatic N) is 1. The first-order valence-electron chi connectivity index (χ1n) is 13.6. The van der Waals surface area contributed by atoms with Gasteiger partial charge in [-0.3, -0.25) is 19.7 Å². The third-order valence-electron chi connectivity index (χ3n) is 8.08. The number of carbonyl (C=O) groups excluding carboxylic acids is 2. The van der Waals surface area contributed by atoms with E-state index in [1.807, 2.05) is 6.07 Å². The van der Waals surface area contributed by atoms with Crippen LogP contribution in [-0.4, -0.2) is 28.4 Å². The topological polar surface area (TPSA) is 122 Å². The number of nitro benzene ring substituents is 1. The summed E-state index contributed by atoms with van der Waals surface area (Å²) in [4.78, 5) is 36.5. The number of non-ortho nitro benzene ring substituents is 1. The highest BCUT2D eigenvalue weighted by molar-refractivity contribution is 5.96. The van der Waals surface area contributed by atoms with Crippen LogP contribution in [0.4, 0.5) is 5.69 Å². The molecule has 8 heteroatoms. The van der Waals surface area contributed by atoms with Gasteiger partial charge in [0.15, 0.2) is 0 Å². The minimum Gasteiger partial charge on any atom is -0.507 e. The van der Waals surface area contributed by atoms with Crippen LogP contribution in [0.5, 0.6) is 5.75 Å². The summed E-state index contributed by atoms with van der Waals surface area (Å²) in [6.45, 7) is 0.510. The third-order valence-corrected chi connectivity index (χ3v) is 8.08. The fraction of sp³-hybridized carbons (Fsp3) is 0.355. The zero-order valence-electron chi connectivity index (χ0n) is 21.8. The third kappa shape index (κ3) is 6.11. The van der Waals surface area contributed by atoms with Gasteiger partial charge in [-0.1, -0.05) is 36.4 Å². The van der Waals surface area contributed by atoms with Crippen LogP contribution >= 0.6 is 0 Å². The van der Waals surface area contributed by atoms with Gasteiger partial charge < -0.3 is 15.7 Å². The molecule has 0 saturated heterocycles. The number of phenols is 1. The zero-order chi connectivity index (χ0) is 27.4. The van der Waals surface area contributed by atoms with Crippen LogP contribution in [0.15, 0.2) is 66.7 Å². The number of hydrogen-bond donors (Lipinski definition) is 3. The van der Waals surface area contributed by atoms with E-state index in [2.05, 4.69) is 28.8 Å². The summed E-state index contributed by atoms with van der Waals surface area (Å²) in [7, 11) is 0. The molecular formula is C31H33N3O5. The predicted molar refractivity (Wildman–Crippen MR) is 148 cm³/mol. The number of aryl methyl sites for hydroxylation is 1. The van der Waals surface area contributed by atoms with Gasteiger partial charge in [0, 0.05) is 35.7 Å². The van der Waals surface area contributed by atoms with Crippen molar-refractivity contribution in [1.29, 1.82) is 0 Å². The van der Waals surface area contributed by atoms with E-state index in [-0.39, 0.29) is 35.2 Å². The maximum Gasteiger partial charge on any atom is 0.270 e. The second-order valence-corrected chi connectivity index (χ2v) is 10.6. The molecular weight excluding hydrogens is 494 g/mol. The summed E-state index contributed by atoms with van der Waals surface area (Å²) in [6.07, 6.45) is 6.47. The Morgan fingerprint density at radius 3 is 2.54 bits per heavy atom. The van der Waals surface area contributed by atoms with Crippen LogP contribution in [0.2, 0.25) is 0 Å². The van der Waals surface area contributed by atoms with Crippen molar-refractivity contribution in [3.05, 3.63) is 93.5 Å². The molecule has 0 spiro atoms. The van der Waals surface area contributed by atoms with E-state index in [0.717, 1.165) is 44.9 Å². The van der Waals surface area contributed by atoms with Crippen LogP contribution in [0.25, 0.3) is 11.1 Å². The van der Waals surface area contributed by atoms with Crippen molar-refractivity contribution in [2.45, 2.75) is 51.0 Å². The minimum atomic E-state index is -0.496. The lowest BCUT2D eigenvalue weighted by Gasteiger charge is -2.31. The first-order chi connectivity index (χ1) is 18.9. The molecule has 0 bridgehead atoms. The quantitative estimate of drug-likeness (QED) is 0.269. The number of fused-ring (bicyclic) bond motifs is 1. The molecule has 3 aromatic carbocycles. The van der Waals surface area contributed by atoms with Crippen LogP contribution in [0.3, 0.4) is 0 Å². The summed E-state index contributed by atoms with van der Waals surface area (Å²) in [5.41, 5.74) is 3.68. The Balaban J connectivity index is 1.13. The summed E-state index contributed by atoms with van der Waals surface area (Å²) >= 11 is 0. The Labute approximate surface area is 227 Å². The second kappa shape index (κ2) is 11.7. The van der Waals surface area contributed by atoms with Crippen molar-refractivity contribution in [3.8, 4) is 16.9 Å². The predicted octanol–water partition coefficient (Wildman–Crippen LogP) is 5.70. The lowest BCUT2D eigenvalue weighted by atomic mass is 9.81. The fourth-order valence-electron chi connectivity index (χ4n) is 5.86. The Hall–Kier alpha value is -4.20. The highest BCUT2D eigenvalue weighted by Gasteiger charge is 2.29. The summed E-state index contributed by atoms with van der Waals surface area (Å²) in [5.74, 6) is 0.109. The normalized spacial score (nSPS) is 20.5. The minimum absolute atomic E-state index is 0.000580. The van der Waals surface area contributed by atoms with Crippen molar-refractivity contribution in [2.75, 3.05) is 6.54 Å². The summed E-state index contributed by atoms with van der Waals surface area (Å²) in [5, 5.41) is 27.7. The smallest absolute Gasteiger partial charge is 0.270 e. The molecule has 0 aromatic heterocycles. The Kier molecular flexibility index (Phi) is 7.91. The summed E-state index contributed by atoms with van der Waals surface area (Å²) < 4.78 is 0. The van der Waals surface area contributed by atoms with E-state index in [4.69, 9.17) is 0 Å². The van der Waals surface area contributed by atoms with Crippen molar-refractivity contribution < 1.29 is 19.6 Å². The van der Waals surface area contributed by atoms with Crippen LogP contribution < -0.4 is 10.6 Å². The number of amides is 2. The van der Waals surface area contributed by atoms with Crippen molar-refractivity contribution in [3.63, 3.8) is 0 Å². The fourth-order valence-corrected chi connectivity index (χ4v) is 5.86. The van der Waals surface area contributed by atoms with E-state index in [1.165, 1.54) is 35.4 Å². The van der Waals surface area contributed by atoms with Gasteiger partial charge >= 0.3 is 0 Å². The van der Waals surface area contributed by atoms with Crippen LogP contribution in [0.1, 0.15) is 66.1 Å². The monoisotopic (exact) mass is 527 g/mol. The van der Waals surface area contributed by atoms with Gasteiger partial charge in [-0.05, 0) is 85.8 Å². The molecule has 5 rings (SSSR count). The highest BCUT2D eigenvalue weighted by Crippen LogP contribution is 2.34. The number of benzene rings is 3. The van der Waals surface area contributed by atoms with Gasteiger partial charge in [0.2, 0.25) is 5.91 Å². The molecule has 3 aromatic rings. The van der Waals surface area contributed by atoms with E-state index < -0.39 is 4.92 Å². The molecule has 2 aliphatic rings. The average Bonchev–Trinajstić information content (AvgIpc) is 2.96. The molecule has 8 nitrogen and oxygen atoms in total. The summed E-state index contributed by atoms with van der Waals surface area (Å²) in [6, 6.07) is 18.9. The Morgan fingerprint density at radius 1 is 0.949 bits per heavy atom. The average molecular weight is 528 g/mol. The van der Waals surface area contributed by atoms with Crippen molar-refractivity contribution in [1.82, 2.24) is 10.6 Å². The van der Waals surface area contributed by atoms with E-state index in [9.17, 15) is 24.8 Å². The van der Waals surface area contributed by atoms with E-state index in [0.29, 0.717) is 29.2 Å². The molecule has 3 N–H and O–H groups in total. The number of rotatable bonds is 7. The second-order valence-electron chi connectivity index (χ2n) is 10.6. The SMILES string of the molecule is O=C(NCC1CCC(C(=O)NC2CCCc3ccccc32)CC1)c1ccc(O)c(-c2cccc([N+](=O)[O-])c2)c1. The molecule has 1 saturated carbocycles. The van der Waals surface area contributed by atoms with E-state index in [1.54, 1.807) is 18.2 Å². The molecule has 0 aliphatic heterocycles. The van der Waals surface area contributed by atoms with E-state index >= 15 is 0 Å². The van der Waals surface area contributed by atoms with Crippen molar-refractivity contribution in [2.24, 2.45) is 11.8 Å². The maximum absolute atomic E-state index is 13.0. The molecule has 39 heavy (non-hydrogen) atoms. The molecule has 0 radical (unpaired) electrons. The molecule has 1 fully saturated rings. The number of phenolic OH excluding ortho intramolecular Hbond substituents is 1. The largest absolute Gasteiger partial charge is 0.507 e. The first kappa shape index (κ1) is 26.4. The highest BCUT2D eigenvalue weighted by atomic mass is 16.6. The number of aromatic hydroxyl groups is 1. The standard InChI is InChI=1S/C31H33N3O5/c35-29-16-15-24(18-27(29)23-7-3-8-25(17-23)34(38)39)30(36)32-19-20-11-13-22(14-12-20)31(37)33-28-10-4-6-21-5-1-2-9-26(21)28/h1-3,5,7-9,15-18,20,22,28,35H,4,6,10-14,19H2,(H,32,36)(H,33,37). The van der Waals surface area contributed by atoms with Crippen LogP contribution in [0, 0.1) is 22.0 Å². The van der Waals surface area contributed by atoms with Crippen LogP contribution in [-0.2, 0) is 11.2 Å². The van der Waals surface area contributed by atoms with Gasteiger partial charge in [-0.25, -0.2) is 0 Å². The molecule has 202 valence electrons. The molecule has 2 aliphatic carbocycles. The molecule has 1 unspecified atom stereocenters. The maximum atomic E-state index is 13.0. The Bertz CT molecular complexity index is 1380. The number of nitro groups is 1. The van der Waals surface area contributed by atoms with Gasteiger partial charge in [0.25, 0.3) is 11.6 Å². The molecule has 1 atom stereocenters. The lowest BCUT2D eigenvalue weighted by molar-refractivity contribution is -0.384. The van der Waals surface area contributed by atoms with Crippen molar-refractivity contribution >= 4 is 17.5 Å². The number of hydrogen-bond acceptors (Lipinski definition) is 5. The van der Waals surface area contributed by atoms with Gasteiger partial charge in [0.05, 0.1) is 11.0 Å². The lowest BCUT2D eigenvalue weighted by Crippen LogP contribution is -2.38. The van der Waals surface area contributed by atoms with Gasteiger partial charge in [-0.2, -0.15) is 0 Å². The Morgan fingerprint density at radius 2 is 1.74 bits per heavy atom. The van der Waals surface area contributed by atoms with Gasteiger partial charge in [0.1, 0.15) is 5.75 Å².